The molecule has 0 amide bonds. The van der Waals surface area contributed by atoms with Crippen LogP contribution in [0.1, 0.15) is 19.4 Å². The van der Waals surface area contributed by atoms with E-state index in [-0.39, 0.29) is 5.63 Å². The van der Waals surface area contributed by atoms with Crippen molar-refractivity contribution in [2.24, 2.45) is 0 Å². The first kappa shape index (κ1) is 20.0. The zero-order valence-electron chi connectivity index (χ0n) is 15.8. The maximum Gasteiger partial charge on any atom is 0.339 e. The maximum absolute atomic E-state index is 11.0. The van der Waals surface area contributed by atoms with E-state index in [1.807, 2.05) is 57.2 Å². The number of hydrogen-bond donors (Lipinski definition) is 0. The van der Waals surface area contributed by atoms with Crippen LogP contribution in [0.25, 0.3) is 21.9 Å². The highest BCUT2D eigenvalue weighted by Gasteiger charge is 2.03. The smallest absolute Gasteiger partial charge is 0.339 e. The molecule has 5 heteroatoms. The first-order valence-corrected chi connectivity index (χ1v) is 8.65. The Kier molecular flexibility index (Phi) is 6.94. The lowest BCUT2D eigenvalue weighted by molar-refractivity contribution is 0.413. The third kappa shape index (κ3) is 4.85. The SMILES string of the molecule is CC.COc1cc(=O)oc2ccccc12.Cc1cc(=O)oc2ccccc12. The molecular formula is C22H22O5. The van der Waals surface area contributed by atoms with Crippen molar-refractivity contribution in [3.8, 4) is 5.75 Å². The van der Waals surface area contributed by atoms with Crippen LogP contribution in [-0.2, 0) is 0 Å². The van der Waals surface area contributed by atoms with Gasteiger partial charge in [-0.15, -0.1) is 0 Å². The van der Waals surface area contributed by atoms with Gasteiger partial charge in [-0.3, -0.25) is 0 Å². The highest BCUT2D eigenvalue weighted by molar-refractivity contribution is 5.82. The molecule has 0 saturated heterocycles. The minimum absolute atomic E-state index is 0.286. The molecule has 2 aromatic heterocycles. The Hall–Kier alpha value is -3.34. The van der Waals surface area contributed by atoms with Gasteiger partial charge in [0.25, 0.3) is 0 Å². The molecule has 4 aromatic rings. The van der Waals surface area contributed by atoms with E-state index in [4.69, 9.17) is 13.6 Å². The summed E-state index contributed by atoms with van der Waals surface area (Å²) < 4.78 is 15.0. The Balaban J connectivity index is 0.000000178. The average molecular weight is 366 g/mol. The van der Waals surface area contributed by atoms with Crippen LogP contribution < -0.4 is 16.0 Å². The Bertz CT molecular complexity index is 1140. The van der Waals surface area contributed by atoms with Crippen molar-refractivity contribution in [2.45, 2.75) is 20.8 Å². The van der Waals surface area contributed by atoms with E-state index in [1.165, 1.54) is 19.2 Å². The van der Waals surface area contributed by atoms with Crippen molar-refractivity contribution < 1.29 is 13.6 Å². The van der Waals surface area contributed by atoms with Crippen LogP contribution in [-0.4, -0.2) is 7.11 Å². The zero-order valence-corrected chi connectivity index (χ0v) is 15.8. The van der Waals surface area contributed by atoms with Crippen LogP contribution >= 0.6 is 0 Å². The largest absolute Gasteiger partial charge is 0.496 e. The molecule has 0 aliphatic rings. The van der Waals surface area contributed by atoms with Crippen molar-refractivity contribution >= 4 is 21.9 Å². The van der Waals surface area contributed by atoms with Gasteiger partial charge in [0.2, 0.25) is 0 Å². The van der Waals surface area contributed by atoms with Crippen LogP contribution in [0.2, 0.25) is 0 Å². The number of hydrogen-bond acceptors (Lipinski definition) is 5. The highest BCUT2D eigenvalue weighted by atomic mass is 16.5. The zero-order chi connectivity index (χ0) is 19.8. The number of rotatable bonds is 1. The predicted molar refractivity (Wildman–Crippen MR) is 108 cm³/mol. The van der Waals surface area contributed by atoms with E-state index in [9.17, 15) is 9.59 Å². The fourth-order valence-electron chi connectivity index (χ4n) is 2.52. The summed E-state index contributed by atoms with van der Waals surface area (Å²) in [6.07, 6.45) is 0. The van der Waals surface area contributed by atoms with Gasteiger partial charge in [0.15, 0.2) is 0 Å². The second-order valence-electron chi connectivity index (χ2n) is 5.37. The Morgan fingerprint density at radius 3 is 1.81 bits per heavy atom. The minimum Gasteiger partial charge on any atom is -0.496 e. The summed E-state index contributed by atoms with van der Waals surface area (Å²) in [4.78, 5) is 22.0. The van der Waals surface area contributed by atoms with Crippen LogP contribution in [0.3, 0.4) is 0 Å². The number of fused-ring (bicyclic) bond motifs is 2. The highest BCUT2D eigenvalue weighted by Crippen LogP contribution is 2.22. The third-order valence-corrected chi connectivity index (χ3v) is 3.69. The molecule has 0 spiro atoms. The Morgan fingerprint density at radius 2 is 1.22 bits per heavy atom. The summed E-state index contributed by atoms with van der Waals surface area (Å²) in [5.41, 5.74) is 1.48. The molecular weight excluding hydrogens is 344 g/mol. The standard InChI is InChI=1S/C10H8O3.C10H8O2.C2H6/c1-12-9-6-10(11)13-8-5-3-2-4-7(8)9;1-7-6-10(11)12-9-5-3-2-4-8(7)9;1-2/h2-6H,1H3;2-6H,1H3;1-2H3. The third-order valence-electron chi connectivity index (χ3n) is 3.69. The second-order valence-corrected chi connectivity index (χ2v) is 5.37. The molecule has 5 nitrogen and oxygen atoms in total. The van der Waals surface area contributed by atoms with Gasteiger partial charge in [-0.2, -0.15) is 0 Å². The fraction of sp³-hybridized carbons (Fsp3) is 0.182. The molecule has 27 heavy (non-hydrogen) atoms. The number of benzene rings is 2. The van der Waals surface area contributed by atoms with Crippen LogP contribution in [0.4, 0.5) is 0 Å². The first-order valence-electron chi connectivity index (χ1n) is 8.65. The topological polar surface area (TPSA) is 69.7 Å². The lowest BCUT2D eigenvalue weighted by Crippen LogP contribution is -1.98. The molecule has 0 saturated carbocycles. The van der Waals surface area contributed by atoms with E-state index in [1.54, 1.807) is 12.1 Å². The molecule has 0 aliphatic heterocycles. The van der Waals surface area contributed by atoms with Crippen molar-refractivity contribution in [3.05, 3.63) is 87.1 Å². The van der Waals surface area contributed by atoms with Gasteiger partial charge in [-0.05, 0) is 30.7 Å². The second kappa shape index (κ2) is 9.38. The molecule has 140 valence electrons. The van der Waals surface area contributed by atoms with E-state index in [0.29, 0.717) is 16.9 Å². The lowest BCUT2D eigenvalue weighted by Gasteiger charge is -2.01. The molecule has 0 unspecified atom stereocenters. The van der Waals surface area contributed by atoms with Gasteiger partial charge in [0, 0.05) is 11.5 Å². The van der Waals surface area contributed by atoms with E-state index < -0.39 is 5.63 Å². The molecule has 0 N–H and O–H groups in total. The van der Waals surface area contributed by atoms with Crippen molar-refractivity contribution in [1.82, 2.24) is 0 Å². The maximum atomic E-state index is 11.0. The lowest BCUT2D eigenvalue weighted by atomic mass is 10.1. The van der Waals surface area contributed by atoms with Gasteiger partial charge in [0.1, 0.15) is 16.9 Å². The molecule has 0 radical (unpaired) electrons. The quantitative estimate of drug-likeness (QED) is 0.447. The van der Waals surface area contributed by atoms with E-state index in [0.717, 1.165) is 16.3 Å². The van der Waals surface area contributed by atoms with Crippen molar-refractivity contribution in [2.75, 3.05) is 7.11 Å². The normalized spacial score (nSPS) is 9.78. The van der Waals surface area contributed by atoms with Crippen molar-refractivity contribution in [3.63, 3.8) is 0 Å². The number of para-hydroxylation sites is 2. The molecule has 0 aliphatic carbocycles. The monoisotopic (exact) mass is 366 g/mol. The summed E-state index contributed by atoms with van der Waals surface area (Å²) in [5.74, 6) is 0.548. The summed E-state index contributed by atoms with van der Waals surface area (Å²) in [5, 5.41) is 1.81. The average Bonchev–Trinajstić information content (AvgIpc) is 2.69. The number of methoxy groups -OCH3 is 1. The van der Waals surface area contributed by atoms with Crippen LogP contribution in [0.15, 0.2) is 79.1 Å². The van der Waals surface area contributed by atoms with Gasteiger partial charge in [0.05, 0.1) is 18.6 Å². The summed E-state index contributed by atoms with van der Waals surface area (Å²) in [6.45, 7) is 5.90. The van der Waals surface area contributed by atoms with Gasteiger partial charge in [-0.1, -0.05) is 44.2 Å². The van der Waals surface area contributed by atoms with E-state index in [2.05, 4.69) is 0 Å². The summed E-state index contributed by atoms with van der Waals surface area (Å²) >= 11 is 0. The Morgan fingerprint density at radius 1 is 0.741 bits per heavy atom. The van der Waals surface area contributed by atoms with Gasteiger partial charge >= 0.3 is 11.3 Å². The van der Waals surface area contributed by atoms with E-state index >= 15 is 0 Å². The van der Waals surface area contributed by atoms with Crippen LogP contribution in [0.5, 0.6) is 5.75 Å². The minimum atomic E-state index is -0.393. The molecule has 4 rings (SSSR count). The van der Waals surface area contributed by atoms with Crippen LogP contribution in [0, 0.1) is 6.92 Å². The molecule has 2 aromatic carbocycles. The Labute approximate surface area is 156 Å². The molecule has 0 atom stereocenters. The first-order chi connectivity index (χ1) is 13.1. The number of ether oxygens (including phenoxy) is 1. The van der Waals surface area contributed by atoms with Gasteiger partial charge in [-0.25, -0.2) is 9.59 Å². The number of aryl methyl sites for hydroxylation is 1. The van der Waals surface area contributed by atoms with Gasteiger partial charge < -0.3 is 13.6 Å². The molecule has 0 bridgehead atoms. The van der Waals surface area contributed by atoms with Crippen molar-refractivity contribution in [1.29, 1.82) is 0 Å². The summed E-state index contributed by atoms with van der Waals surface area (Å²) in [6, 6.07) is 17.6. The predicted octanol–water partition coefficient (Wildman–Crippen LogP) is 4.93. The fourth-order valence-corrected chi connectivity index (χ4v) is 2.52. The summed E-state index contributed by atoms with van der Waals surface area (Å²) in [7, 11) is 1.53. The molecule has 2 heterocycles. The molecule has 0 fully saturated rings.